The van der Waals surface area contributed by atoms with E-state index in [1.54, 1.807) is 0 Å². The molecule has 0 aliphatic heterocycles. The first-order valence-electron chi connectivity index (χ1n) is 12.9. The minimum Gasteiger partial charge on any atom is -0.314 e. The molecule has 0 saturated heterocycles. The molecule has 0 N–H and O–H groups in total. The second-order valence-corrected chi connectivity index (χ2v) is 9.65. The Hall–Kier alpha value is -5.15. The van der Waals surface area contributed by atoms with Crippen molar-refractivity contribution in [3.8, 4) is 28.2 Å². The molecule has 0 atom stereocenters. The van der Waals surface area contributed by atoms with Crippen molar-refractivity contribution in [3.05, 3.63) is 140 Å². The minimum atomic E-state index is 0.944. The van der Waals surface area contributed by atoms with Crippen LogP contribution >= 0.6 is 0 Å². The van der Waals surface area contributed by atoms with Crippen molar-refractivity contribution in [2.45, 2.75) is 0 Å². The summed E-state index contributed by atoms with van der Waals surface area (Å²) >= 11 is 0. The summed E-state index contributed by atoms with van der Waals surface area (Å²) in [4.78, 5) is 5.18. The van der Waals surface area contributed by atoms with Crippen LogP contribution in [0.2, 0.25) is 0 Å². The molecule has 0 saturated carbocycles. The molecular weight excluding hydrogens is 462 g/mol. The summed E-state index contributed by atoms with van der Waals surface area (Å²) in [5.74, 6) is 0.944. The van der Waals surface area contributed by atoms with Crippen LogP contribution in [0.1, 0.15) is 0 Å². The highest BCUT2D eigenvalue weighted by atomic mass is 15.1. The second-order valence-electron chi connectivity index (χ2n) is 9.65. The van der Waals surface area contributed by atoms with Crippen LogP contribution in [0, 0.1) is 0 Å². The van der Waals surface area contributed by atoms with Gasteiger partial charge in [-0.25, -0.2) is 4.98 Å². The van der Waals surface area contributed by atoms with Gasteiger partial charge in [0.15, 0.2) is 0 Å². The molecule has 0 aliphatic rings. The van der Waals surface area contributed by atoms with E-state index in [2.05, 4.69) is 143 Å². The van der Waals surface area contributed by atoms with Gasteiger partial charge < -0.3 is 4.40 Å². The SMILES string of the molecule is c1ccc(-c2cnc(-n3c4ccccc4c4c3c(-c3ccccc3)n3ccccc43)c3ccccc23)cc1. The van der Waals surface area contributed by atoms with Crippen molar-refractivity contribution >= 4 is 38.1 Å². The van der Waals surface area contributed by atoms with Crippen LogP contribution < -0.4 is 0 Å². The third-order valence-electron chi connectivity index (χ3n) is 7.57. The fourth-order valence-corrected chi connectivity index (χ4v) is 5.97. The topological polar surface area (TPSA) is 22.2 Å². The first-order valence-corrected chi connectivity index (χ1v) is 12.9. The van der Waals surface area contributed by atoms with Crippen LogP contribution in [0.4, 0.5) is 0 Å². The van der Waals surface area contributed by atoms with Gasteiger partial charge in [-0.05, 0) is 29.1 Å². The van der Waals surface area contributed by atoms with Gasteiger partial charge in [0.1, 0.15) is 5.82 Å². The Balaban J connectivity index is 1.57. The largest absolute Gasteiger partial charge is 0.314 e. The van der Waals surface area contributed by atoms with Crippen molar-refractivity contribution in [1.82, 2.24) is 14.0 Å². The first-order chi connectivity index (χ1) is 18.9. The van der Waals surface area contributed by atoms with Gasteiger partial charge in [-0.1, -0.05) is 109 Å². The number of rotatable bonds is 3. The fourth-order valence-electron chi connectivity index (χ4n) is 5.97. The van der Waals surface area contributed by atoms with Crippen molar-refractivity contribution < 1.29 is 0 Å². The van der Waals surface area contributed by atoms with E-state index in [-0.39, 0.29) is 0 Å². The Morgan fingerprint density at radius 2 is 1.11 bits per heavy atom. The third kappa shape index (κ3) is 2.93. The Kier molecular flexibility index (Phi) is 4.52. The van der Waals surface area contributed by atoms with E-state index < -0.39 is 0 Å². The molecule has 3 heteroatoms. The van der Waals surface area contributed by atoms with Crippen LogP contribution in [-0.2, 0) is 0 Å². The number of para-hydroxylation sites is 1. The van der Waals surface area contributed by atoms with Crippen LogP contribution in [0.15, 0.2) is 140 Å². The van der Waals surface area contributed by atoms with Gasteiger partial charge in [-0.15, -0.1) is 0 Å². The van der Waals surface area contributed by atoms with E-state index >= 15 is 0 Å². The summed E-state index contributed by atoms with van der Waals surface area (Å²) in [6.07, 6.45) is 4.20. The van der Waals surface area contributed by atoms with Gasteiger partial charge in [-0.3, -0.25) is 4.57 Å². The van der Waals surface area contributed by atoms with Gasteiger partial charge in [-0.2, -0.15) is 0 Å². The summed E-state index contributed by atoms with van der Waals surface area (Å²) in [5, 5.41) is 4.80. The lowest BCUT2D eigenvalue weighted by molar-refractivity contribution is 1.09. The number of aromatic nitrogens is 3. The molecule has 0 unspecified atom stereocenters. The lowest BCUT2D eigenvalue weighted by Gasteiger charge is -2.14. The maximum Gasteiger partial charge on any atom is 0.145 e. The zero-order valence-corrected chi connectivity index (χ0v) is 20.6. The lowest BCUT2D eigenvalue weighted by Crippen LogP contribution is -2.01. The standard InChI is InChI=1S/C35H23N3/c1-3-13-24(14-4-1)29-23-36-35(27-18-8-7-17-26(27)29)38-30-20-10-9-19-28(30)32-31-21-11-12-22-37(31)33(34(32)38)25-15-5-2-6-16-25/h1-23H. The first kappa shape index (κ1) is 21.0. The molecule has 38 heavy (non-hydrogen) atoms. The predicted octanol–water partition coefficient (Wildman–Crippen LogP) is 8.92. The Labute approximate surface area is 219 Å². The fraction of sp³-hybridized carbons (Fsp3) is 0. The molecule has 0 aliphatic carbocycles. The number of pyridine rings is 2. The quantitative estimate of drug-likeness (QED) is 0.245. The maximum atomic E-state index is 5.18. The van der Waals surface area contributed by atoms with Gasteiger partial charge in [0.05, 0.1) is 22.2 Å². The van der Waals surface area contributed by atoms with Crippen LogP contribution in [0.3, 0.4) is 0 Å². The number of benzene rings is 4. The normalized spacial score (nSPS) is 11.7. The summed E-state index contributed by atoms with van der Waals surface area (Å²) in [6, 6.07) is 45.0. The maximum absolute atomic E-state index is 5.18. The zero-order chi connectivity index (χ0) is 25.1. The van der Waals surface area contributed by atoms with Crippen molar-refractivity contribution in [1.29, 1.82) is 0 Å². The molecule has 0 radical (unpaired) electrons. The molecule has 8 aromatic rings. The Morgan fingerprint density at radius 1 is 0.500 bits per heavy atom. The molecule has 4 aromatic heterocycles. The monoisotopic (exact) mass is 485 g/mol. The minimum absolute atomic E-state index is 0.944. The highest BCUT2D eigenvalue weighted by Gasteiger charge is 2.24. The number of hydrogen-bond acceptors (Lipinski definition) is 1. The average molecular weight is 486 g/mol. The summed E-state index contributed by atoms with van der Waals surface area (Å²) in [5.41, 5.74) is 8.19. The van der Waals surface area contributed by atoms with E-state index in [4.69, 9.17) is 4.98 Å². The summed E-state index contributed by atoms with van der Waals surface area (Å²) in [7, 11) is 0. The molecule has 4 aromatic carbocycles. The van der Waals surface area contributed by atoms with Crippen LogP contribution in [0.25, 0.3) is 66.3 Å². The van der Waals surface area contributed by atoms with E-state index in [1.807, 2.05) is 6.20 Å². The van der Waals surface area contributed by atoms with E-state index in [9.17, 15) is 0 Å². The van der Waals surface area contributed by atoms with Gasteiger partial charge >= 0.3 is 0 Å². The summed E-state index contributed by atoms with van der Waals surface area (Å²) in [6.45, 7) is 0. The smallest absolute Gasteiger partial charge is 0.145 e. The van der Waals surface area contributed by atoms with Crippen molar-refractivity contribution in [3.63, 3.8) is 0 Å². The highest BCUT2D eigenvalue weighted by molar-refractivity contribution is 6.21. The van der Waals surface area contributed by atoms with Crippen molar-refractivity contribution in [2.75, 3.05) is 0 Å². The Bertz CT molecular complexity index is 2120. The second kappa shape index (κ2) is 8.19. The van der Waals surface area contributed by atoms with Gasteiger partial charge in [0, 0.05) is 39.7 Å². The third-order valence-corrected chi connectivity index (χ3v) is 7.57. The van der Waals surface area contributed by atoms with E-state index in [0.29, 0.717) is 0 Å². The van der Waals surface area contributed by atoms with E-state index in [1.165, 1.54) is 44.0 Å². The van der Waals surface area contributed by atoms with Gasteiger partial charge in [0.2, 0.25) is 0 Å². The predicted molar refractivity (Wildman–Crippen MR) is 158 cm³/mol. The molecule has 0 fully saturated rings. The van der Waals surface area contributed by atoms with Crippen LogP contribution in [-0.4, -0.2) is 14.0 Å². The molecule has 0 spiro atoms. The molecule has 0 amide bonds. The number of fused-ring (bicyclic) bond motifs is 6. The molecule has 0 bridgehead atoms. The molecular formula is C35H23N3. The molecule has 8 rings (SSSR count). The zero-order valence-electron chi connectivity index (χ0n) is 20.6. The summed E-state index contributed by atoms with van der Waals surface area (Å²) < 4.78 is 4.70. The average Bonchev–Trinajstić information content (AvgIpc) is 3.50. The number of nitrogens with zero attached hydrogens (tertiary/aromatic N) is 3. The molecule has 3 nitrogen and oxygen atoms in total. The highest BCUT2D eigenvalue weighted by Crippen LogP contribution is 2.43. The Morgan fingerprint density at radius 3 is 1.89 bits per heavy atom. The van der Waals surface area contributed by atoms with Crippen LogP contribution in [0.5, 0.6) is 0 Å². The van der Waals surface area contributed by atoms with Crippen molar-refractivity contribution in [2.24, 2.45) is 0 Å². The molecule has 178 valence electrons. The number of hydrogen-bond donors (Lipinski definition) is 0. The van der Waals surface area contributed by atoms with Gasteiger partial charge in [0.25, 0.3) is 0 Å². The molecule has 4 heterocycles. The van der Waals surface area contributed by atoms with E-state index in [0.717, 1.165) is 22.3 Å². The lowest BCUT2D eigenvalue weighted by atomic mass is 10.0.